The number of hydrogen-bond acceptors (Lipinski definition) is 3. The first kappa shape index (κ1) is 12.0. The fraction of sp³-hybridized carbons (Fsp3) is 0.300. The van der Waals surface area contributed by atoms with Gasteiger partial charge in [0.25, 0.3) is 11.5 Å². The number of rotatable bonds is 3. The van der Waals surface area contributed by atoms with E-state index < -0.39 is 17.9 Å². The summed E-state index contributed by atoms with van der Waals surface area (Å²) < 4.78 is 1.16. The average molecular weight is 224 g/mol. The Labute approximate surface area is 91.5 Å². The molecule has 16 heavy (non-hydrogen) atoms. The van der Waals surface area contributed by atoms with Crippen molar-refractivity contribution in [3.63, 3.8) is 0 Å². The van der Waals surface area contributed by atoms with Crippen LogP contribution in [0, 0.1) is 0 Å². The van der Waals surface area contributed by atoms with Crippen LogP contribution < -0.4 is 10.9 Å². The molecule has 0 bridgehead atoms. The summed E-state index contributed by atoms with van der Waals surface area (Å²) in [7, 11) is 1.45. The number of carboxylic acids is 1. The summed E-state index contributed by atoms with van der Waals surface area (Å²) in [5, 5.41) is 10.9. The Kier molecular flexibility index (Phi) is 3.44. The Hall–Kier alpha value is -2.11. The Morgan fingerprint density at radius 1 is 1.44 bits per heavy atom. The molecule has 2 N–H and O–H groups in total. The van der Waals surface area contributed by atoms with Crippen molar-refractivity contribution in [3.05, 3.63) is 34.2 Å². The number of amides is 1. The molecule has 0 aliphatic carbocycles. The van der Waals surface area contributed by atoms with E-state index in [4.69, 9.17) is 5.11 Å². The van der Waals surface area contributed by atoms with Gasteiger partial charge in [0.05, 0.1) is 0 Å². The van der Waals surface area contributed by atoms with Gasteiger partial charge >= 0.3 is 5.97 Å². The molecule has 1 aromatic heterocycles. The van der Waals surface area contributed by atoms with Crippen LogP contribution in [0.3, 0.4) is 0 Å². The molecule has 6 nitrogen and oxygen atoms in total. The van der Waals surface area contributed by atoms with Gasteiger partial charge in [0.2, 0.25) is 0 Å². The van der Waals surface area contributed by atoms with Crippen LogP contribution in [0.15, 0.2) is 23.0 Å². The Morgan fingerprint density at radius 3 is 2.62 bits per heavy atom. The molecule has 0 aliphatic rings. The first-order chi connectivity index (χ1) is 7.43. The van der Waals surface area contributed by atoms with Gasteiger partial charge in [0.1, 0.15) is 11.7 Å². The maximum Gasteiger partial charge on any atom is 0.325 e. The highest BCUT2D eigenvalue weighted by molar-refractivity contribution is 5.95. The minimum Gasteiger partial charge on any atom is -0.480 e. The van der Waals surface area contributed by atoms with Crippen LogP contribution >= 0.6 is 0 Å². The number of hydrogen-bond donors (Lipinski definition) is 2. The smallest absolute Gasteiger partial charge is 0.325 e. The fourth-order valence-corrected chi connectivity index (χ4v) is 1.12. The van der Waals surface area contributed by atoms with E-state index in [-0.39, 0.29) is 11.3 Å². The SMILES string of the molecule is C[C@@H](NC(=O)c1cccc(=O)n1C)C(=O)O. The van der Waals surface area contributed by atoms with Crippen LogP contribution in [0.1, 0.15) is 17.4 Å². The van der Waals surface area contributed by atoms with Crippen LogP contribution in [0.25, 0.3) is 0 Å². The van der Waals surface area contributed by atoms with Crippen molar-refractivity contribution < 1.29 is 14.7 Å². The second-order valence-electron chi connectivity index (χ2n) is 3.34. The molecule has 86 valence electrons. The van der Waals surface area contributed by atoms with Gasteiger partial charge in [-0.2, -0.15) is 0 Å². The van der Waals surface area contributed by atoms with Gasteiger partial charge in [-0.1, -0.05) is 6.07 Å². The quantitative estimate of drug-likeness (QED) is 0.730. The zero-order valence-electron chi connectivity index (χ0n) is 8.93. The largest absolute Gasteiger partial charge is 0.480 e. The maximum atomic E-state index is 11.6. The second-order valence-corrected chi connectivity index (χ2v) is 3.34. The standard InChI is InChI=1S/C10H12N2O4/c1-6(10(15)16)11-9(14)7-4-3-5-8(13)12(7)2/h3-6H,1-2H3,(H,11,14)(H,15,16)/t6-/m1/s1. The maximum absolute atomic E-state index is 11.6. The highest BCUT2D eigenvalue weighted by atomic mass is 16.4. The van der Waals surface area contributed by atoms with E-state index in [0.717, 1.165) is 4.57 Å². The van der Waals surface area contributed by atoms with Gasteiger partial charge in [0.15, 0.2) is 0 Å². The topological polar surface area (TPSA) is 88.4 Å². The molecule has 0 spiro atoms. The fourth-order valence-electron chi connectivity index (χ4n) is 1.12. The van der Waals surface area contributed by atoms with Gasteiger partial charge in [-0.25, -0.2) is 0 Å². The number of nitrogens with one attached hydrogen (secondary N) is 1. The van der Waals surface area contributed by atoms with E-state index in [0.29, 0.717) is 0 Å². The van der Waals surface area contributed by atoms with Crippen molar-refractivity contribution in [3.8, 4) is 0 Å². The van der Waals surface area contributed by atoms with Crippen molar-refractivity contribution in [2.24, 2.45) is 7.05 Å². The zero-order chi connectivity index (χ0) is 12.3. The van der Waals surface area contributed by atoms with Crippen LogP contribution in [0.5, 0.6) is 0 Å². The molecular weight excluding hydrogens is 212 g/mol. The van der Waals surface area contributed by atoms with E-state index in [9.17, 15) is 14.4 Å². The van der Waals surface area contributed by atoms with Crippen molar-refractivity contribution in [2.75, 3.05) is 0 Å². The first-order valence-corrected chi connectivity index (χ1v) is 4.63. The lowest BCUT2D eigenvalue weighted by Gasteiger charge is -2.11. The number of carbonyl (C=O) groups is 2. The second kappa shape index (κ2) is 4.61. The van der Waals surface area contributed by atoms with Gasteiger partial charge in [-0.15, -0.1) is 0 Å². The van der Waals surface area contributed by atoms with Gasteiger partial charge < -0.3 is 15.0 Å². The molecule has 1 aromatic rings. The predicted molar refractivity (Wildman–Crippen MR) is 56.2 cm³/mol. The molecule has 0 fully saturated rings. The van der Waals surface area contributed by atoms with Crippen molar-refractivity contribution >= 4 is 11.9 Å². The summed E-state index contributed by atoms with van der Waals surface area (Å²) in [6, 6.07) is 3.22. The molecule has 1 atom stereocenters. The van der Waals surface area contributed by atoms with Crippen LogP contribution in [-0.2, 0) is 11.8 Å². The van der Waals surface area contributed by atoms with Crippen LogP contribution in [-0.4, -0.2) is 27.6 Å². The van der Waals surface area contributed by atoms with E-state index in [1.54, 1.807) is 0 Å². The molecule has 0 radical (unpaired) electrons. The molecular formula is C10H12N2O4. The van der Waals surface area contributed by atoms with E-state index >= 15 is 0 Å². The van der Waals surface area contributed by atoms with Gasteiger partial charge in [0, 0.05) is 13.1 Å². The average Bonchev–Trinajstić information content (AvgIpc) is 2.21. The summed E-state index contributed by atoms with van der Waals surface area (Å²) in [6.07, 6.45) is 0. The number of aromatic nitrogens is 1. The molecule has 0 saturated carbocycles. The lowest BCUT2D eigenvalue weighted by molar-refractivity contribution is -0.138. The van der Waals surface area contributed by atoms with Crippen molar-refractivity contribution in [1.29, 1.82) is 0 Å². The summed E-state index contributed by atoms with van der Waals surface area (Å²) >= 11 is 0. The predicted octanol–water partition coefficient (Wildman–Crippen LogP) is -0.412. The summed E-state index contributed by atoms with van der Waals surface area (Å²) in [5.74, 6) is -1.72. The molecule has 1 heterocycles. The normalized spacial score (nSPS) is 11.9. The zero-order valence-corrected chi connectivity index (χ0v) is 8.93. The lowest BCUT2D eigenvalue weighted by atomic mass is 10.3. The third kappa shape index (κ3) is 2.47. The Morgan fingerprint density at radius 2 is 2.06 bits per heavy atom. The molecule has 6 heteroatoms. The number of carboxylic acid groups (broad SMARTS) is 1. The van der Waals surface area contributed by atoms with Gasteiger partial charge in [-0.3, -0.25) is 14.4 Å². The molecule has 0 aromatic carbocycles. The molecule has 0 aliphatic heterocycles. The summed E-state index contributed by atoms with van der Waals surface area (Å²) in [4.78, 5) is 33.4. The lowest BCUT2D eigenvalue weighted by Crippen LogP contribution is -2.40. The highest BCUT2D eigenvalue weighted by Gasteiger charge is 2.16. The number of pyridine rings is 1. The Balaban J connectivity index is 2.94. The third-order valence-electron chi connectivity index (χ3n) is 2.14. The molecule has 0 saturated heterocycles. The molecule has 0 unspecified atom stereocenters. The van der Waals surface area contributed by atoms with E-state index in [1.165, 1.54) is 32.2 Å². The van der Waals surface area contributed by atoms with Gasteiger partial charge in [-0.05, 0) is 13.0 Å². The molecule has 1 rings (SSSR count). The summed E-state index contributed by atoms with van der Waals surface area (Å²) in [6.45, 7) is 1.35. The van der Waals surface area contributed by atoms with Crippen LogP contribution in [0.2, 0.25) is 0 Å². The number of carbonyl (C=O) groups excluding carboxylic acids is 1. The number of nitrogens with zero attached hydrogens (tertiary/aromatic N) is 1. The van der Waals surface area contributed by atoms with E-state index in [1.807, 2.05) is 0 Å². The first-order valence-electron chi connectivity index (χ1n) is 4.63. The summed E-state index contributed by atoms with van der Waals surface area (Å²) in [5.41, 5.74) is -0.198. The van der Waals surface area contributed by atoms with E-state index in [2.05, 4.69) is 5.32 Å². The van der Waals surface area contributed by atoms with Crippen molar-refractivity contribution in [2.45, 2.75) is 13.0 Å². The minimum absolute atomic E-state index is 0.126. The third-order valence-corrected chi connectivity index (χ3v) is 2.14. The molecule has 1 amide bonds. The minimum atomic E-state index is -1.13. The Bertz CT molecular complexity index is 478. The highest BCUT2D eigenvalue weighted by Crippen LogP contribution is 1.95. The van der Waals surface area contributed by atoms with Crippen molar-refractivity contribution in [1.82, 2.24) is 9.88 Å². The number of aliphatic carboxylic acids is 1. The monoisotopic (exact) mass is 224 g/mol. The van der Waals surface area contributed by atoms with Crippen LogP contribution in [0.4, 0.5) is 0 Å².